The standard InChI is InChI=1S/C15H23N3OS/c1-11(2)19-14-13(17)12(10-16)20-15(14)18-8-6-4-3-5-7-9-18/h11H,3-9,17H2,1-2H3. The van der Waals surface area contributed by atoms with Crippen LogP contribution < -0.4 is 15.4 Å². The first-order valence-corrected chi connectivity index (χ1v) is 8.19. The first kappa shape index (κ1) is 15.0. The Hall–Kier alpha value is -1.41. The number of nitrogens with two attached hydrogens (primary N) is 1. The summed E-state index contributed by atoms with van der Waals surface area (Å²) < 4.78 is 5.88. The second kappa shape index (κ2) is 6.85. The van der Waals surface area contributed by atoms with Crippen LogP contribution in [-0.2, 0) is 0 Å². The molecule has 110 valence electrons. The zero-order chi connectivity index (χ0) is 14.5. The molecule has 0 spiro atoms. The van der Waals surface area contributed by atoms with Gasteiger partial charge in [-0.25, -0.2) is 0 Å². The van der Waals surface area contributed by atoms with E-state index in [1.165, 1.54) is 43.4 Å². The van der Waals surface area contributed by atoms with E-state index in [2.05, 4.69) is 11.0 Å². The van der Waals surface area contributed by atoms with E-state index in [1.807, 2.05) is 13.8 Å². The van der Waals surface area contributed by atoms with Gasteiger partial charge in [0.05, 0.1) is 6.10 Å². The summed E-state index contributed by atoms with van der Waals surface area (Å²) in [5.41, 5.74) is 6.58. The molecule has 1 saturated heterocycles. The minimum absolute atomic E-state index is 0.0620. The first-order chi connectivity index (χ1) is 9.63. The number of nitrogens with zero attached hydrogens (tertiary/aromatic N) is 2. The third-order valence-electron chi connectivity index (χ3n) is 3.48. The van der Waals surface area contributed by atoms with Crippen molar-refractivity contribution in [3.05, 3.63) is 4.88 Å². The fourth-order valence-corrected chi connectivity index (χ4v) is 3.51. The van der Waals surface area contributed by atoms with E-state index < -0.39 is 0 Å². The van der Waals surface area contributed by atoms with Crippen LogP contribution in [0.1, 0.15) is 50.8 Å². The lowest BCUT2D eigenvalue weighted by Gasteiger charge is -2.26. The molecule has 20 heavy (non-hydrogen) atoms. The van der Waals surface area contributed by atoms with Gasteiger partial charge in [-0.2, -0.15) is 5.26 Å². The van der Waals surface area contributed by atoms with Crippen LogP contribution in [0, 0.1) is 11.3 Å². The number of ether oxygens (including phenoxy) is 1. The summed E-state index contributed by atoms with van der Waals surface area (Å²) in [6, 6.07) is 2.18. The van der Waals surface area contributed by atoms with Gasteiger partial charge in [0.2, 0.25) is 0 Å². The van der Waals surface area contributed by atoms with E-state index in [0.29, 0.717) is 16.3 Å². The Morgan fingerprint density at radius 1 is 1.20 bits per heavy atom. The highest BCUT2D eigenvalue weighted by molar-refractivity contribution is 7.17. The fourth-order valence-electron chi connectivity index (χ4n) is 2.51. The molecule has 4 nitrogen and oxygen atoms in total. The van der Waals surface area contributed by atoms with Crippen molar-refractivity contribution in [1.29, 1.82) is 5.26 Å². The molecule has 1 aromatic rings. The molecule has 2 N–H and O–H groups in total. The second-order valence-electron chi connectivity index (χ2n) is 5.51. The zero-order valence-electron chi connectivity index (χ0n) is 12.3. The van der Waals surface area contributed by atoms with E-state index in [0.717, 1.165) is 18.1 Å². The summed E-state index contributed by atoms with van der Waals surface area (Å²) in [5.74, 6) is 0.710. The van der Waals surface area contributed by atoms with E-state index in [-0.39, 0.29) is 6.10 Å². The van der Waals surface area contributed by atoms with Gasteiger partial charge < -0.3 is 15.4 Å². The average molecular weight is 293 g/mol. The van der Waals surface area contributed by atoms with E-state index in [4.69, 9.17) is 10.5 Å². The maximum Gasteiger partial charge on any atom is 0.178 e. The van der Waals surface area contributed by atoms with Crippen LogP contribution in [0.15, 0.2) is 0 Å². The summed E-state index contributed by atoms with van der Waals surface area (Å²) in [6.45, 7) is 6.03. The summed E-state index contributed by atoms with van der Waals surface area (Å²) in [5, 5.41) is 10.2. The highest BCUT2D eigenvalue weighted by atomic mass is 32.1. The monoisotopic (exact) mass is 293 g/mol. The Morgan fingerprint density at radius 2 is 1.80 bits per heavy atom. The van der Waals surface area contributed by atoms with Crippen LogP contribution in [0.25, 0.3) is 0 Å². The molecule has 0 saturated carbocycles. The minimum Gasteiger partial charge on any atom is -0.486 e. The lowest BCUT2D eigenvalue weighted by Crippen LogP contribution is -2.27. The molecular weight excluding hydrogens is 270 g/mol. The second-order valence-corrected chi connectivity index (χ2v) is 6.51. The lowest BCUT2D eigenvalue weighted by atomic mass is 10.1. The molecule has 0 amide bonds. The zero-order valence-corrected chi connectivity index (χ0v) is 13.1. The van der Waals surface area contributed by atoms with Gasteiger partial charge in [0.15, 0.2) is 5.75 Å². The third kappa shape index (κ3) is 3.37. The molecule has 1 aliphatic heterocycles. The Balaban J connectivity index is 2.30. The van der Waals surface area contributed by atoms with Crippen LogP contribution in [0.4, 0.5) is 10.7 Å². The van der Waals surface area contributed by atoms with Gasteiger partial charge in [-0.05, 0) is 26.7 Å². The van der Waals surface area contributed by atoms with Crippen LogP contribution in [-0.4, -0.2) is 19.2 Å². The predicted octanol–water partition coefficient (Wildman–Crippen LogP) is 3.76. The van der Waals surface area contributed by atoms with Gasteiger partial charge in [0.25, 0.3) is 0 Å². The van der Waals surface area contributed by atoms with Crippen molar-refractivity contribution in [2.75, 3.05) is 23.7 Å². The smallest absolute Gasteiger partial charge is 0.178 e. The van der Waals surface area contributed by atoms with Crippen LogP contribution in [0.5, 0.6) is 5.75 Å². The lowest BCUT2D eigenvalue weighted by molar-refractivity contribution is 0.245. The SMILES string of the molecule is CC(C)Oc1c(N2CCCCCCC2)sc(C#N)c1N. The molecule has 5 heteroatoms. The number of nitrogen functional groups attached to an aromatic ring is 1. The number of nitriles is 1. The summed E-state index contributed by atoms with van der Waals surface area (Å²) in [4.78, 5) is 2.91. The number of thiophene rings is 1. The Kier molecular flexibility index (Phi) is 5.13. The molecule has 0 aromatic carbocycles. The summed E-state index contributed by atoms with van der Waals surface area (Å²) >= 11 is 1.47. The highest BCUT2D eigenvalue weighted by Crippen LogP contribution is 2.45. The van der Waals surface area contributed by atoms with E-state index in [9.17, 15) is 5.26 Å². The number of rotatable bonds is 3. The number of hydrogen-bond donors (Lipinski definition) is 1. The first-order valence-electron chi connectivity index (χ1n) is 7.37. The highest BCUT2D eigenvalue weighted by Gasteiger charge is 2.23. The van der Waals surface area contributed by atoms with Gasteiger partial charge in [0, 0.05) is 13.1 Å². The molecular formula is C15H23N3OS. The normalized spacial score (nSPS) is 16.6. The minimum atomic E-state index is 0.0620. The van der Waals surface area contributed by atoms with Crippen molar-refractivity contribution in [2.24, 2.45) is 0 Å². The number of hydrogen-bond acceptors (Lipinski definition) is 5. The maximum absolute atomic E-state index is 9.20. The van der Waals surface area contributed by atoms with Gasteiger partial charge in [0.1, 0.15) is 21.6 Å². The van der Waals surface area contributed by atoms with Crippen LogP contribution in [0.2, 0.25) is 0 Å². The maximum atomic E-state index is 9.20. The molecule has 0 unspecified atom stereocenters. The topological polar surface area (TPSA) is 62.3 Å². The fraction of sp³-hybridized carbons (Fsp3) is 0.667. The number of anilines is 2. The molecule has 0 aliphatic carbocycles. The van der Waals surface area contributed by atoms with Gasteiger partial charge in [-0.15, -0.1) is 11.3 Å². The molecule has 2 heterocycles. The van der Waals surface area contributed by atoms with Crippen molar-refractivity contribution >= 4 is 22.0 Å². The van der Waals surface area contributed by atoms with E-state index >= 15 is 0 Å². The van der Waals surface area contributed by atoms with E-state index in [1.54, 1.807) is 0 Å². The average Bonchev–Trinajstić information content (AvgIpc) is 2.66. The van der Waals surface area contributed by atoms with Crippen LogP contribution in [0.3, 0.4) is 0 Å². The Bertz CT molecular complexity index is 482. The third-order valence-corrected chi connectivity index (χ3v) is 4.63. The van der Waals surface area contributed by atoms with Crippen molar-refractivity contribution < 1.29 is 4.74 Å². The van der Waals surface area contributed by atoms with Gasteiger partial charge in [-0.1, -0.05) is 19.3 Å². The van der Waals surface area contributed by atoms with Crippen molar-refractivity contribution in [3.63, 3.8) is 0 Å². The molecule has 0 atom stereocenters. The van der Waals surface area contributed by atoms with Gasteiger partial charge in [-0.3, -0.25) is 0 Å². The molecule has 1 fully saturated rings. The molecule has 2 rings (SSSR count). The van der Waals surface area contributed by atoms with Crippen LogP contribution >= 0.6 is 11.3 Å². The summed E-state index contributed by atoms with van der Waals surface area (Å²) in [7, 11) is 0. The largest absolute Gasteiger partial charge is 0.486 e. The predicted molar refractivity (Wildman–Crippen MR) is 84.5 cm³/mol. The quantitative estimate of drug-likeness (QED) is 0.921. The molecule has 0 radical (unpaired) electrons. The van der Waals surface area contributed by atoms with Crippen molar-refractivity contribution in [3.8, 4) is 11.8 Å². The van der Waals surface area contributed by atoms with Gasteiger partial charge >= 0.3 is 0 Å². The molecule has 1 aromatic heterocycles. The van der Waals surface area contributed by atoms with Crippen molar-refractivity contribution in [2.45, 2.75) is 52.1 Å². The van der Waals surface area contributed by atoms with Crippen molar-refractivity contribution in [1.82, 2.24) is 0 Å². The Morgan fingerprint density at radius 3 is 2.35 bits per heavy atom. The Labute approximate surface area is 125 Å². The molecule has 0 bridgehead atoms. The summed E-state index contributed by atoms with van der Waals surface area (Å²) in [6.07, 6.45) is 6.35. The molecule has 1 aliphatic rings.